The molecule has 2 nitrogen and oxygen atoms in total. The van der Waals surface area contributed by atoms with Gasteiger partial charge in [-0.3, -0.25) is 0 Å². The van der Waals surface area contributed by atoms with E-state index in [9.17, 15) is 0 Å². The van der Waals surface area contributed by atoms with Crippen molar-refractivity contribution in [2.45, 2.75) is 6.92 Å². The molecular weight excluding hydrogens is 222 g/mol. The minimum absolute atomic E-state index is 0.426. The van der Waals surface area contributed by atoms with E-state index >= 15 is 0 Å². The zero-order valence-electron chi connectivity index (χ0n) is 11.6. The SMILES string of the molecule is C=CCOc1cccc(C(=C)C(C)CN(C)C)c1. The fourth-order valence-electron chi connectivity index (χ4n) is 1.88. The molecule has 0 bridgehead atoms. The molecular formula is C16H23NO. The van der Waals surface area contributed by atoms with Gasteiger partial charge in [0.25, 0.3) is 0 Å². The molecule has 0 aliphatic carbocycles. The standard InChI is InChI=1S/C16H23NO/c1-6-10-18-16-9-7-8-15(11-16)14(3)13(2)12-17(4)5/h6-9,11,13H,1,3,10,12H2,2,4-5H3. The fraction of sp³-hybridized carbons (Fsp3) is 0.375. The first-order chi connectivity index (χ1) is 8.54. The Morgan fingerprint density at radius 1 is 1.44 bits per heavy atom. The van der Waals surface area contributed by atoms with Crippen molar-refractivity contribution in [2.24, 2.45) is 5.92 Å². The second kappa shape index (κ2) is 7.02. The number of nitrogens with zero attached hydrogens (tertiary/aromatic N) is 1. The van der Waals surface area contributed by atoms with Gasteiger partial charge >= 0.3 is 0 Å². The van der Waals surface area contributed by atoms with Gasteiger partial charge in [0.15, 0.2) is 0 Å². The van der Waals surface area contributed by atoms with Gasteiger partial charge in [-0.15, -0.1) is 0 Å². The Balaban J connectivity index is 2.76. The molecule has 0 aromatic heterocycles. The van der Waals surface area contributed by atoms with Crippen LogP contribution in [0.1, 0.15) is 12.5 Å². The van der Waals surface area contributed by atoms with Crippen LogP contribution >= 0.6 is 0 Å². The molecule has 1 rings (SSSR count). The van der Waals surface area contributed by atoms with Gasteiger partial charge in [0.1, 0.15) is 12.4 Å². The molecule has 0 radical (unpaired) electrons. The average Bonchev–Trinajstić information content (AvgIpc) is 2.35. The largest absolute Gasteiger partial charge is 0.490 e. The van der Waals surface area contributed by atoms with Gasteiger partial charge in [0.2, 0.25) is 0 Å². The normalized spacial score (nSPS) is 12.2. The first-order valence-electron chi connectivity index (χ1n) is 6.22. The Kier molecular flexibility index (Phi) is 5.66. The molecule has 1 atom stereocenters. The van der Waals surface area contributed by atoms with E-state index < -0.39 is 0 Å². The number of rotatable bonds is 7. The van der Waals surface area contributed by atoms with Gasteiger partial charge in [0.05, 0.1) is 0 Å². The van der Waals surface area contributed by atoms with Gasteiger partial charge in [-0.1, -0.05) is 38.3 Å². The maximum absolute atomic E-state index is 5.54. The summed E-state index contributed by atoms with van der Waals surface area (Å²) in [7, 11) is 4.15. The first kappa shape index (κ1) is 14.5. The zero-order valence-corrected chi connectivity index (χ0v) is 11.6. The predicted octanol–water partition coefficient (Wildman–Crippen LogP) is 3.46. The highest BCUT2D eigenvalue weighted by Gasteiger charge is 2.10. The van der Waals surface area contributed by atoms with Crippen LogP contribution < -0.4 is 4.74 Å². The van der Waals surface area contributed by atoms with Crippen LogP contribution in [0.2, 0.25) is 0 Å². The van der Waals surface area contributed by atoms with Crippen LogP contribution in [0.15, 0.2) is 43.5 Å². The minimum atomic E-state index is 0.426. The first-order valence-corrected chi connectivity index (χ1v) is 6.22. The third kappa shape index (κ3) is 4.38. The summed E-state index contributed by atoms with van der Waals surface area (Å²) >= 11 is 0. The Bertz CT molecular complexity index is 409. The van der Waals surface area contributed by atoms with E-state index in [1.807, 2.05) is 18.2 Å². The highest BCUT2D eigenvalue weighted by molar-refractivity contribution is 5.66. The lowest BCUT2D eigenvalue weighted by atomic mass is 9.95. The summed E-state index contributed by atoms with van der Waals surface area (Å²) in [5.41, 5.74) is 2.29. The van der Waals surface area contributed by atoms with Crippen molar-refractivity contribution in [1.82, 2.24) is 4.90 Å². The molecule has 98 valence electrons. The van der Waals surface area contributed by atoms with E-state index in [2.05, 4.69) is 45.1 Å². The van der Waals surface area contributed by atoms with Crippen LogP contribution in [0, 0.1) is 5.92 Å². The predicted molar refractivity (Wildman–Crippen MR) is 78.9 cm³/mol. The lowest BCUT2D eigenvalue weighted by Crippen LogP contribution is -2.20. The van der Waals surface area contributed by atoms with Crippen LogP contribution in [0.4, 0.5) is 0 Å². The summed E-state index contributed by atoms with van der Waals surface area (Å²) in [6, 6.07) is 8.07. The van der Waals surface area contributed by atoms with Crippen LogP contribution in [0.25, 0.3) is 5.57 Å². The Labute approximate surface area is 111 Å². The molecule has 0 aliphatic heterocycles. The topological polar surface area (TPSA) is 12.5 Å². The maximum Gasteiger partial charge on any atom is 0.120 e. The molecule has 1 unspecified atom stereocenters. The van der Waals surface area contributed by atoms with E-state index in [1.165, 1.54) is 0 Å². The van der Waals surface area contributed by atoms with Gasteiger partial charge in [-0.05, 0) is 43.3 Å². The van der Waals surface area contributed by atoms with Gasteiger partial charge in [-0.25, -0.2) is 0 Å². The zero-order chi connectivity index (χ0) is 13.5. The number of hydrogen-bond donors (Lipinski definition) is 0. The van der Waals surface area contributed by atoms with Gasteiger partial charge in [-0.2, -0.15) is 0 Å². The van der Waals surface area contributed by atoms with Crippen molar-refractivity contribution in [2.75, 3.05) is 27.2 Å². The molecule has 0 aliphatic rings. The van der Waals surface area contributed by atoms with Crippen LogP contribution in [-0.2, 0) is 0 Å². The lowest BCUT2D eigenvalue weighted by Gasteiger charge is -2.19. The van der Waals surface area contributed by atoms with E-state index in [0.717, 1.165) is 23.4 Å². The maximum atomic E-state index is 5.54. The van der Waals surface area contributed by atoms with E-state index in [0.29, 0.717) is 12.5 Å². The second-order valence-corrected chi connectivity index (χ2v) is 4.82. The molecule has 0 heterocycles. The average molecular weight is 245 g/mol. The van der Waals surface area contributed by atoms with E-state index in [-0.39, 0.29) is 0 Å². The van der Waals surface area contributed by atoms with Crippen molar-refractivity contribution in [3.8, 4) is 5.75 Å². The third-order valence-corrected chi connectivity index (χ3v) is 2.81. The lowest BCUT2D eigenvalue weighted by molar-refractivity contribution is 0.362. The summed E-state index contributed by atoms with van der Waals surface area (Å²) in [4.78, 5) is 2.17. The third-order valence-electron chi connectivity index (χ3n) is 2.81. The minimum Gasteiger partial charge on any atom is -0.490 e. The summed E-state index contributed by atoms with van der Waals surface area (Å²) in [6.45, 7) is 11.6. The number of hydrogen-bond acceptors (Lipinski definition) is 2. The van der Waals surface area contributed by atoms with E-state index in [1.54, 1.807) is 6.08 Å². The fourth-order valence-corrected chi connectivity index (χ4v) is 1.88. The van der Waals surface area contributed by atoms with Crippen LogP contribution in [-0.4, -0.2) is 32.1 Å². The molecule has 1 aromatic carbocycles. The van der Waals surface area contributed by atoms with Crippen molar-refractivity contribution < 1.29 is 4.74 Å². The molecule has 0 fully saturated rings. The number of ether oxygens (including phenoxy) is 1. The molecule has 0 spiro atoms. The molecule has 1 aromatic rings. The van der Waals surface area contributed by atoms with Crippen molar-refractivity contribution >= 4 is 5.57 Å². The summed E-state index contributed by atoms with van der Waals surface area (Å²) in [5, 5.41) is 0. The second-order valence-electron chi connectivity index (χ2n) is 4.82. The highest BCUT2D eigenvalue weighted by atomic mass is 16.5. The van der Waals surface area contributed by atoms with Crippen molar-refractivity contribution in [1.29, 1.82) is 0 Å². The van der Waals surface area contributed by atoms with E-state index in [4.69, 9.17) is 4.74 Å². The Morgan fingerprint density at radius 3 is 2.78 bits per heavy atom. The van der Waals surface area contributed by atoms with Gasteiger partial charge in [0, 0.05) is 6.54 Å². The van der Waals surface area contributed by atoms with Crippen LogP contribution in [0.3, 0.4) is 0 Å². The van der Waals surface area contributed by atoms with Gasteiger partial charge < -0.3 is 9.64 Å². The monoisotopic (exact) mass is 245 g/mol. The quantitative estimate of drug-likeness (QED) is 0.682. The Hall–Kier alpha value is -1.54. The number of benzene rings is 1. The molecule has 18 heavy (non-hydrogen) atoms. The molecule has 0 saturated carbocycles. The highest BCUT2D eigenvalue weighted by Crippen LogP contribution is 2.25. The summed E-state index contributed by atoms with van der Waals surface area (Å²) in [5.74, 6) is 1.29. The summed E-state index contributed by atoms with van der Waals surface area (Å²) in [6.07, 6.45) is 1.75. The van der Waals surface area contributed by atoms with Crippen molar-refractivity contribution in [3.05, 3.63) is 49.1 Å². The Morgan fingerprint density at radius 2 is 2.17 bits per heavy atom. The van der Waals surface area contributed by atoms with Crippen LogP contribution in [0.5, 0.6) is 5.75 Å². The van der Waals surface area contributed by atoms with Crippen molar-refractivity contribution in [3.63, 3.8) is 0 Å². The molecule has 0 amide bonds. The smallest absolute Gasteiger partial charge is 0.120 e. The molecule has 0 saturated heterocycles. The molecule has 0 N–H and O–H groups in total. The summed E-state index contributed by atoms with van der Waals surface area (Å²) < 4.78 is 5.54. The molecule has 2 heteroatoms.